The van der Waals surface area contributed by atoms with Gasteiger partial charge in [0.1, 0.15) is 5.76 Å². The fourth-order valence-electron chi connectivity index (χ4n) is 3.42. The Hall–Kier alpha value is -2.96. The monoisotopic (exact) mass is 373 g/mol. The third kappa shape index (κ3) is 3.63. The van der Waals surface area contributed by atoms with Gasteiger partial charge in [-0.05, 0) is 48.7 Å². The molecule has 0 fully saturated rings. The second-order valence-corrected chi connectivity index (χ2v) is 6.36. The van der Waals surface area contributed by atoms with E-state index < -0.39 is 12.0 Å². The van der Waals surface area contributed by atoms with E-state index in [1.165, 1.54) is 7.11 Å². The molecule has 0 saturated heterocycles. The maximum atomic E-state index is 13.0. The van der Waals surface area contributed by atoms with Crippen LogP contribution in [0.1, 0.15) is 39.9 Å². The maximum Gasteiger partial charge on any atom is 0.307 e. The molecule has 1 aliphatic rings. The summed E-state index contributed by atoms with van der Waals surface area (Å²) in [6.07, 6.45) is 0.684. The van der Waals surface area contributed by atoms with Crippen LogP contribution in [0.4, 0.5) is 0 Å². The van der Waals surface area contributed by atoms with E-state index in [0.29, 0.717) is 30.2 Å². The number of hydrogen-bond donors (Lipinski definition) is 0. The molecule has 2 aromatic rings. The smallest absolute Gasteiger partial charge is 0.307 e. The van der Waals surface area contributed by atoms with Crippen molar-refractivity contribution in [1.29, 1.82) is 0 Å². The van der Waals surface area contributed by atoms with Crippen LogP contribution in [0.25, 0.3) is 0 Å². The fourth-order valence-corrected chi connectivity index (χ4v) is 3.42. The summed E-state index contributed by atoms with van der Waals surface area (Å²) in [4.78, 5) is 26.7. The summed E-state index contributed by atoms with van der Waals surface area (Å²) in [7, 11) is 4.47. The lowest BCUT2D eigenvalue weighted by Crippen LogP contribution is -2.41. The highest BCUT2D eigenvalue weighted by atomic mass is 16.5. The third-order valence-electron chi connectivity index (χ3n) is 4.80. The van der Waals surface area contributed by atoms with E-state index in [9.17, 15) is 9.59 Å². The first-order valence-corrected chi connectivity index (χ1v) is 8.67. The maximum absolute atomic E-state index is 13.0. The zero-order chi connectivity index (χ0) is 19.6. The summed E-state index contributed by atoms with van der Waals surface area (Å²) in [6.45, 7) is 2.24. The quantitative estimate of drug-likeness (QED) is 0.750. The summed E-state index contributed by atoms with van der Waals surface area (Å²) in [5.41, 5.74) is 1.86. The number of furan rings is 1. The van der Waals surface area contributed by atoms with Gasteiger partial charge in [0.05, 0.1) is 33.8 Å². The van der Waals surface area contributed by atoms with Crippen LogP contribution in [-0.2, 0) is 16.0 Å². The topological polar surface area (TPSA) is 78.2 Å². The summed E-state index contributed by atoms with van der Waals surface area (Å²) >= 11 is 0. The predicted molar refractivity (Wildman–Crippen MR) is 97.1 cm³/mol. The second-order valence-electron chi connectivity index (χ2n) is 6.36. The second kappa shape index (κ2) is 7.73. The lowest BCUT2D eigenvalue weighted by Gasteiger charge is -2.36. The van der Waals surface area contributed by atoms with Crippen molar-refractivity contribution in [2.24, 2.45) is 0 Å². The summed E-state index contributed by atoms with van der Waals surface area (Å²) in [5, 5.41) is 0. The first-order valence-electron chi connectivity index (χ1n) is 8.67. The molecule has 27 heavy (non-hydrogen) atoms. The molecule has 0 bridgehead atoms. The normalized spacial score (nSPS) is 15.9. The number of fused-ring (bicyclic) bond motifs is 1. The molecule has 0 N–H and O–H groups in total. The average Bonchev–Trinajstić information content (AvgIpc) is 3.12. The molecule has 3 rings (SSSR count). The Labute approximate surface area is 157 Å². The highest BCUT2D eigenvalue weighted by Crippen LogP contribution is 2.40. The predicted octanol–water partition coefficient (Wildman–Crippen LogP) is 2.91. The van der Waals surface area contributed by atoms with E-state index >= 15 is 0 Å². The van der Waals surface area contributed by atoms with E-state index in [1.54, 1.807) is 38.2 Å². The van der Waals surface area contributed by atoms with Crippen LogP contribution in [0, 0.1) is 6.92 Å². The molecule has 0 spiro atoms. The molecule has 7 nitrogen and oxygen atoms in total. The number of aryl methyl sites for hydroxylation is 1. The molecule has 0 aliphatic carbocycles. The molecular formula is C20H23NO6. The van der Waals surface area contributed by atoms with Gasteiger partial charge in [-0.1, -0.05) is 0 Å². The van der Waals surface area contributed by atoms with Gasteiger partial charge in [0.25, 0.3) is 5.91 Å². The van der Waals surface area contributed by atoms with Crippen LogP contribution in [0.15, 0.2) is 28.7 Å². The molecule has 1 aromatic heterocycles. The van der Waals surface area contributed by atoms with Crippen LogP contribution in [0.5, 0.6) is 11.5 Å². The van der Waals surface area contributed by atoms with Crippen molar-refractivity contribution in [3.63, 3.8) is 0 Å². The van der Waals surface area contributed by atoms with E-state index in [1.807, 2.05) is 12.1 Å². The minimum absolute atomic E-state index is 0.0460. The van der Waals surface area contributed by atoms with Crippen LogP contribution in [-0.4, -0.2) is 44.7 Å². The molecule has 144 valence electrons. The Morgan fingerprint density at radius 1 is 1.15 bits per heavy atom. The first-order chi connectivity index (χ1) is 13.0. The fraction of sp³-hybridized carbons (Fsp3) is 0.400. The molecule has 7 heteroatoms. The molecule has 1 amide bonds. The minimum atomic E-state index is -0.473. The number of benzene rings is 1. The van der Waals surface area contributed by atoms with Crippen LogP contribution in [0.2, 0.25) is 0 Å². The average molecular weight is 373 g/mol. The van der Waals surface area contributed by atoms with Crippen molar-refractivity contribution in [1.82, 2.24) is 4.90 Å². The van der Waals surface area contributed by atoms with Crippen molar-refractivity contribution in [2.45, 2.75) is 25.8 Å². The molecule has 0 radical (unpaired) electrons. The number of esters is 1. The standard InChI is InChI=1S/C20H23NO6/c1-12-5-6-16(27-12)20(23)21-8-7-13-9-17(24-2)18(25-3)10-14(13)15(21)11-19(22)26-4/h5-6,9-10,15H,7-8,11H2,1-4H3/t15-/m0/s1. The largest absolute Gasteiger partial charge is 0.493 e. The highest BCUT2D eigenvalue weighted by molar-refractivity contribution is 5.92. The van der Waals surface area contributed by atoms with E-state index in [-0.39, 0.29) is 18.1 Å². The highest BCUT2D eigenvalue weighted by Gasteiger charge is 2.35. The van der Waals surface area contributed by atoms with Crippen LogP contribution in [0.3, 0.4) is 0 Å². The van der Waals surface area contributed by atoms with Gasteiger partial charge >= 0.3 is 5.97 Å². The number of rotatable bonds is 5. The van der Waals surface area contributed by atoms with Gasteiger partial charge in [-0.3, -0.25) is 9.59 Å². The Balaban J connectivity index is 2.03. The molecule has 0 saturated carbocycles. The van der Waals surface area contributed by atoms with Gasteiger partial charge in [-0.25, -0.2) is 0 Å². The summed E-state index contributed by atoms with van der Waals surface area (Å²) < 4.78 is 21.1. The number of hydrogen-bond acceptors (Lipinski definition) is 6. The van der Waals surface area contributed by atoms with Gasteiger partial charge in [-0.15, -0.1) is 0 Å². The van der Waals surface area contributed by atoms with Crippen molar-refractivity contribution in [2.75, 3.05) is 27.9 Å². The van der Waals surface area contributed by atoms with Crippen molar-refractivity contribution >= 4 is 11.9 Å². The molecule has 0 unspecified atom stereocenters. The van der Waals surface area contributed by atoms with E-state index in [4.69, 9.17) is 18.6 Å². The van der Waals surface area contributed by atoms with Gasteiger partial charge in [0.2, 0.25) is 0 Å². The Morgan fingerprint density at radius 2 is 1.85 bits per heavy atom. The Bertz CT molecular complexity index is 856. The molecular weight excluding hydrogens is 350 g/mol. The molecule has 1 aliphatic heterocycles. The van der Waals surface area contributed by atoms with Crippen LogP contribution < -0.4 is 9.47 Å². The lowest BCUT2D eigenvalue weighted by molar-refractivity contribution is -0.142. The zero-order valence-corrected chi connectivity index (χ0v) is 15.9. The number of nitrogens with zero attached hydrogens (tertiary/aromatic N) is 1. The molecule has 1 aromatic carbocycles. The number of carbonyl (C=O) groups excluding carboxylic acids is 2. The lowest BCUT2D eigenvalue weighted by atomic mass is 9.89. The molecule has 2 heterocycles. The third-order valence-corrected chi connectivity index (χ3v) is 4.80. The summed E-state index contributed by atoms with van der Waals surface area (Å²) in [6, 6.07) is 6.65. The number of methoxy groups -OCH3 is 3. The van der Waals surface area contributed by atoms with Crippen molar-refractivity contribution in [3.8, 4) is 11.5 Å². The van der Waals surface area contributed by atoms with Gasteiger partial charge < -0.3 is 23.5 Å². The molecule has 1 atom stereocenters. The number of amides is 1. The Morgan fingerprint density at radius 3 is 2.44 bits per heavy atom. The van der Waals surface area contributed by atoms with Crippen LogP contribution >= 0.6 is 0 Å². The number of carbonyl (C=O) groups is 2. The Kier molecular flexibility index (Phi) is 5.39. The summed E-state index contributed by atoms with van der Waals surface area (Å²) in [5.74, 6) is 1.44. The van der Waals surface area contributed by atoms with Gasteiger partial charge in [0, 0.05) is 6.54 Å². The zero-order valence-electron chi connectivity index (χ0n) is 15.9. The van der Waals surface area contributed by atoms with Gasteiger partial charge in [0.15, 0.2) is 17.3 Å². The van der Waals surface area contributed by atoms with Crippen molar-refractivity contribution in [3.05, 3.63) is 46.9 Å². The number of ether oxygens (including phenoxy) is 3. The van der Waals surface area contributed by atoms with E-state index in [2.05, 4.69) is 0 Å². The van der Waals surface area contributed by atoms with Crippen molar-refractivity contribution < 1.29 is 28.2 Å². The minimum Gasteiger partial charge on any atom is -0.493 e. The van der Waals surface area contributed by atoms with Gasteiger partial charge in [-0.2, -0.15) is 0 Å². The van der Waals surface area contributed by atoms with E-state index in [0.717, 1.165) is 11.1 Å². The first kappa shape index (κ1) is 18.8. The SMILES string of the molecule is COC(=O)C[C@H]1c2cc(OC)c(OC)cc2CCN1C(=O)c1ccc(C)o1.